The summed E-state index contributed by atoms with van der Waals surface area (Å²) in [5.41, 5.74) is -0.902. The lowest BCUT2D eigenvalue weighted by molar-refractivity contribution is -0.141. The van der Waals surface area contributed by atoms with E-state index in [-0.39, 0.29) is 23.7 Å². The second-order valence-corrected chi connectivity index (χ2v) is 7.00. The molecule has 0 N–H and O–H groups in total. The van der Waals surface area contributed by atoms with E-state index in [2.05, 4.69) is 4.98 Å². The second kappa shape index (κ2) is 6.10. The maximum atomic E-state index is 12.8. The molecular formula is C15H13F3N2O4S. The molecule has 0 radical (unpaired) electrons. The molecule has 1 aliphatic heterocycles. The van der Waals surface area contributed by atoms with Gasteiger partial charge >= 0.3 is 6.18 Å². The predicted molar refractivity (Wildman–Crippen MR) is 82.3 cm³/mol. The van der Waals surface area contributed by atoms with E-state index in [9.17, 15) is 21.6 Å². The van der Waals surface area contributed by atoms with Crippen molar-refractivity contribution >= 4 is 15.7 Å². The highest BCUT2D eigenvalue weighted by Crippen LogP contribution is 2.38. The van der Waals surface area contributed by atoms with Gasteiger partial charge in [0.15, 0.2) is 0 Å². The summed E-state index contributed by atoms with van der Waals surface area (Å²) in [5.74, 6) is 0.769. The van der Waals surface area contributed by atoms with Crippen molar-refractivity contribution < 1.29 is 31.1 Å². The number of ether oxygens (including phenoxy) is 2. The standard InChI is InChI=1S/C15H13F3N2O4S/c1-23-10-2-4-13-12(8-10)20(6-7-24-13)25(21,22)11-3-5-14(19-9-11)15(16,17)18/h2-5,8-9H,6-7H2,1H3. The molecule has 3 rings (SSSR count). The third-order valence-corrected chi connectivity index (χ3v) is 5.40. The molecule has 0 atom stereocenters. The number of benzene rings is 1. The number of halogens is 3. The van der Waals surface area contributed by atoms with Crippen LogP contribution in [-0.4, -0.2) is 33.7 Å². The molecule has 0 unspecified atom stereocenters. The Labute approximate surface area is 141 Å². The molecule has 0 amide bonds. The Hall–Kier alpha value is -2.49. The molecule has 2 aromatic rings. The van der Waals surface area contributed by atoms with E-state index in [1.165, 1.54) is 13.2 Å². The van der Waals surface area contributed by atoms with Gasteiger partial charge in [-0.05, 0) is 24.3 Å². The third-order valence-electron chi connectivity index (χ3n) is 3.60. The summed E-state index contributed by atoms with van der Waals surface area (Å²) < 4.78 is 75.0. The van der Waals surface area contributed by atoms with Crippen LogP contribution in [-0.2, 0) is 16.2 Å². The largest absolute Gasteiger partial charge is 0.497 e. The average molecular weight is 374 g/mol. The first-order valence-corrected chi connectivity index (χ1v) is 8.54. The fourth-order valence-electron chi connectivity index (χ4n) is 2.38. The Kier molecular flexibility index (Phi) is 4.23. The molecule has 0 saturated heterocycles. The highest BCUT2D eigenvalue weighted by Gasteiger charge is 2.34. The van der Waals surface area contributed by atoms with Crippen LogP contribution in [0.5, 0.6) is 11.5 Å². The Bertz CT molecular complexity index is 883. The van der Waals surface area contributed by atoms with Crippen LogP contribution < -0.4 is 13.8 Å². The summed E-state index contributed by atoms with van der Waals surface area (Å²) in [6.07, 6.45) is -3.94. The normalized spacial score (nSPS) is 14.6. The number of rotatable bonds is 3. The van der Waals surface area contributed by atoms with Gasteiger partial charge in [-0.15, -0.1) is 0 Å². The zero-order valence-electron chi connectivity index (χ0n) is 12.9. The SMILES string of the molecule is COc1ccc2c(c1)N(S(=O)(=O)c1ccc(C(F)(F)F)nc1)CCO2. The van der Waals surface area contributed by atoms with Gasteiger partial charge in [0.1, 0.15) is 28.7 Å². The van der Waals surface area contributed by atoms with E-state index in [0.29, 0.717) is 23.8 Å². The van der Waals surface area contributed by atoms with Gasteiger partial charge in [-0.3, -0.25) is 9.29 Å². The molecule has 1 aliphatic rings. The zero-order valence-corrected chi connectivity index (χ0v) is 13.8. The number of sulfonamides is 1. The summed E-state index contributed by atoms with van der Waals surface area (Å²) in [6.45, 7) is 0.135. The predicted octanol–water partition coefficient (Wildman–Crippen LogP) is 2.70. The maximum absolute atomic E-state index is 12.8. The van der Waals surface area contributed by atoms with Gasteiger partial charge < -0.3 is 9.47 Å². The van der Waals surface area contributed by atoms with Crippen molar-refractivity contribution in [1.82, 2.24) is 4.98 Å². The van der Waals surface area contributed by atoms with Gasteiger partial charge in [0.05, 0.1) is 19.3 Å². The van der Waals surface area contributed by atoms with E-state index in [0.717, 1.165) is 10.4 Å². The number of methoxy groups -OCH3 is 1. The van der Waals surface area contributed by atoms with Crippen LogP contribution in [0.3, 0.4) is 0 Å². The van der Waals surface area contributed by atoms with Crippen molar-refractivity contribution in [2.45, 2.75) is 11.1 Å². The van der Waals surface area contributed by atoms with Crippen molar-refractivity contribution in [3.05, 3.63) is 42.2 Å². The first-order chi connectivity index (χ1) is 11.7. The van der Waals surface area contributed by atoms with E-state index in [4.69, 9.17) is 9.47 Å². The van der Waals surface area contributed by atoms with E-state index >= 15 is 0 Å². The first-order valence-electron chi connectivity index (χ1n) is 7.10. The third kappa shape index (κ3) is 3.21. The lowest BCUT2D eigenvalue weighted by Crippen LogP contribution is -2.38. The molecule has 0 spiro atoms. The fraction of sp³-hybridized carbons (Fsp3) is 0.267. The van der Waals surface area contributed by atoms with Crippen molar-refractivity contribution in [1.29, 1.82) is 0 Å². The number of nitrogens with zero attached hydrogens (tertiary/aromatic N) is 2. The Balaban J connectivity index is 2.02. The monoisotopic (exact) mass is 374 g/mol. The van der Waals surface area contributed by atoms with E-state index in [1.54, 1.807) is 12.1 Å². The van der Waals surface area contributed by atoms with Crippen LogP contribution >= 0.6 is 0 Å². The number of fused-ring (bicyclic) bond motifs is 1. The molecule has 134 valence electrons. The van der Waals surface area contributed by atoms with Crippen LogP contribution in [0.1, 0.15) is 5.69 Å². The maximum Gasteiger partial charge on any atom is 0.433 e. The number of aromatic nitrogens is 1. The molecule has 0 aliphatic carbocycles. The molecule has 6 nitrogen and oxygen atoms in total. The zero-order chi connectivity index (χ0) is 18.2. The molecule has 0 fully saturated rings. The second-order valence-electron chi connectivity index (χ2n) is 5.14. The van der Waals surface area contributed by atoms with Crippen molar-refractivity contribution in [3.8, 4) is 11.5 Å². The van der Waals surface area contributed by atoms with Gasteiger partial charge in [0, 0.05) is 12.3 Å². The topological polar surface area (TPSA) is 68.7 Å². The van der Waals surface area contributed by atoms with Crippen molar-refractivity contribution in [2.24, 2.45) is 0 Å². The molecule has 10 heteroatoms. The van der Waals surface area contributed by atoms with Crippen molar-refractivity contribution in [3.63, 3.8) is 0 Å². The van der Waals surface area contributed by atoms with Crippen LogP contribution in [0.2, 0.25) is 0 Å². The minimum atomic E-state index is -4.64. The molecule has 0 bridgehead atoms. The summed E-state index contributed by atoms with van der Waals surface area (Å²) >= 11 is 0. The summed E-state index contributed by atoms with van der Waals surface area (Å²) in [6, 6.07) is 6.21. The minimum absolute atomic E-state index is 0.0174. The molecule has 1 aromatic heterocycles. The Morgan fingerprint density at radius 3 is 2.60 bits per heavy atom. The summed E-state index contributed by atoms with van der Waals surface area (Å²) in [4.78, 5) is 2.88. The van der Waals surface area contributed by atoms with Crippen LogP contribution in [0.25, 0.3) is 0 Å². The van der Waals surface area contributed by atoms with E-state index < -0.39 is 21.9 Å². The molecule has 25 heavy (non-hydrogen) atoms. The van der Waals surface area contributed by atoms with Crippen LogP contribution in [0.15, 0.2) is 41.4 Å². The minimum Gasteiger partial charge on any atom is -0.497 e. The van der Waals surface area contributed by atoms with Gasteiger partial charge in [-0.1, -0.05) is 0 Å². The molecule has 0 saturated carbocycles. The first kappa shape index (κ1) is 17.3. The van der Waals surface area contributed by atoms with Gasteiger partial charge in [-0.25, -0.2) is 8.42 Å². The number of anilines is 1. The van der Waals surface area contributed by atoms with Gasteiger partial charge in [0.2, 0.25) is 0 Å². The number of hydrogen-bond acceptors (Lipinski definition) is 5. The lowest BCUT2D eigenvalue weighted by Gasteiger charge is -2.30. The fourth-order valence-corrected chi connectivity index (χ4v) is 3.77. The summed E-state index contributed by atoms with van der Waals surface area (Å²) in [7, 11) is -2.66. The van der Waals surface area contributed by atoms with Crippen LogP contribution in [0.4, 0.5) is 18.9 Å². The lowest BCUT2D eigenvalue weighted by atomic mass is 10.2. The smallest absolute Gasteiger partial charge is 0.433 e. The van der Waals surface area contributed by atoms with Crippen molar-refractivity contribution in [2.75, 3.05) is 24.6 Å². The Morgan fingerprint density at radius 1 is 1.24 bits per heavy atom. The van der Waals surface area contributed by atoms with E-state index in [1.807, 2.05) is 0 Å². The summed E-state index contributed by atoms with van der Waals surface area (Å²) in [5, 5.41) is 0. The quantitative estimate of drug-likeness (QED) is 0.826. The van der Waals surface area contributed by atoms with Crippen LogP contribution in [0, 0.1) is 0 Å². The molecule has 1 aromatic carbocycles. The van der Waals surface area contributed by atoms with Gasteiger partial charge in [0.25, 0.3) is 10.0 Å². The number of pyridine rings is 1. The highest BCUT2D eigenvalue weighted by molar-refractivity contribution is 7.92. The highest BCUT2D eigenvalue weighted by atomic mass is 32.2. The molecular weight excluding hydrogens is 361 g/mol. The average Bonchev–Trinajstić information content (AvgIpc) is 2.60. The molecule has 2 heterocycles. The van der Waals surface area contributed by atoms with Gasteiger partial charge in [-0.2, -0.15) is 13.2 Å². The number of alkyl halides is 3. The Morgan fingerprint density at radius 2 is 2.00 bits per heavy atom. The number of hydrogen-bond donors (Lipinski definition) is 0.